The summed E-state index contributed by atoms with van der Waals surface area (Å²) in [5, 5.41) is 3.61. The summed E-state index contributed by atoms with van der Waals surface area (Å²) in [5.74, 6) is -1.06. The number of nitrogens with two attached hydrogens (primary N) is 1. The van der Waals surface area contributed by atoms with Crippen LogP contribution in [0.25, 0.3) is 16.8 Å². The van der Waals surface area contributed by atoms with Crippen molar-refractivity contribution in [3.8, 4) is 16.8 Å². The summed E-state index contributed by atoms with van der Waals surface area (Å²) in [5.41, 5.74) is 5.22. The Morgan fingerprint density at radius 1 is 1.04 bits per heavy atom. The number of aromatic nitrogens is 2. The summed E-state index contributed by atoms with van der Waals surface area (Å²) >= 11 is 0. The van der Waals surface area contributed by atoms with E-state index in [4.69, 9.17) is 5.73 Å². The van der Waals surface area contributed by atoms with Crippen molar-refractivity contribution in [3.63, 3.8) is 0 Å². The molecule has 0 unspecified atom stereocenters. The molecule has 24 heavy (non-hydrogen) atoms. The molecular formula is C17H13F4N3. The molecule has 0 spiro atoms. The van der Waals surface area contributed by atoms with E-state index in [0.29, 0.717) is 5.69 Å². The molecule has 3 rings (SSSR count). The monoisotopic (exact) mass is 335 g/mol. The number of benzene rings is 2. The van der Waals surface area contributed by atoms with Gasteiger partial charge in [-0.3, -0.25) is 0 Å². The van der Waals surface area contributed by atoms with Crippen molar-refractivity contribution in [3.05, 3.63) is 65.6 Å². The Balaban J connectivity index is 2.31. The Bertz CT molecular complexity index is 897. The highest BCUT2D eigenvalue weighted by Crippen LogP contribution is 2.41. The van der Waals surface area contributed by atoms with Crippen molar-refractivity contribution in [2.24, 2.45) is 0 Å². The predicted octanol–water partition coefficient (Wildman–Crippen LogP) is 4.59. The second-order valence-electron chi connectivity index (χ2n) is 5.34. The molecule has 0 saturated carbocycles. The number of hydrogen-bond donors (Lipinski definition) is 1. The Labute approximate surface area is 135 Å². The standard InChI is InChI=1S/C17H13F4N3/c1-10-5-4-6-11(9-10)24-16(22)14(15(23-24)17(19,20)21)12-7-2-3-8-13(12)18/h2-9H,22H2,1H3. The van der Waals surface area contributed by atoms with E-state index in [1.54, 1.807) is 31.2 Å². The van der Waals surface area contributed by atoms with Gasteiger partial charge in [-0.25, -0.2) is 9.07 Å². The quantitative estimate of drug-likeness (QED) is 0.696. The lowest BCUT2D eigenvalue weighted by Crippen LogP contribution is -2.09. The minimum atomic E-state index is -4.76. The van der Waals surface area contributed by atoms with Gasteiger partial charge in [0.2, 0.25) is 0 Å². The summed E-state index contributed by atoms with van der Waals surface area (Å²) in [7, 11) is 0. The Hall–Kier alpha value is -2.83. The molecule has 0 atom stereocenters. The van der Waals surface area contributed by atoms with Gasteiger partial charge >= 0.3 is 6.18 Å². The number of nitrogens with zero attached hydrogens (tertiary/aromatic N) is 2. The van der Waals surface area contributed by atoms with Gasteiger partial charge in [0.25, 0.3) is 0 Å². The third-order valence-corrected chi connectivity index (χ3v) is 3.58. The maximum atomic E-state index is 14.0. The maximum Gasteiger partial charge on any atom is 0.435 e. The normalized spacial score (nSPS) is 11.7. The van der Waals surface area contributed by atoms with Crippen LogP contribution in [0.15, 0.2) is 48.5 Å². The Kier molecular flexibility index (Phi) is 3.79. The molecule has 0 aliphatic carbocycles. The third-order valence-electron chi connectivity index (χ3n) is 3.58. The number of hydrogen-bond acceptors (Lipinski definition) is 2. The number of anilines is 1. The van der Waals surface area contributed by atoms with Crippen LogP contribution in [0.5, 0.6) is 0 Å². The molecule has 1 aromatic heterocycles. The minimum absolute atomic E-state index is 0.235. The predicted molar refractivity (Wildman–Crippen MR) is 83.1 cm³/mol. The largest absolute Gasteiger partial charge is 0.435 e. The average molecular weight is 335 g/mol. The van der Waals surface area contributed by atoms with Crippen molar-refractivity contribution >= 4 is 5.82 Å². The van der Waals surface area contributed by atoms with Crippen LogP contribution in [0.4, 0.5) is 23.4 Å². The zero-order valence-corrected chi connectivity index (χ0v) is 12.6. The van der Waals surface area contributed by atoms with Gasteiger partial charge in [-0.2, -0.15) is 18.3 Å². The van der Waals surface area contributed by atoms with Crippen LogP contribution in [0.3, 0.4) is 0 Å². The zero-order chi connectivity index (χ0) is 17.5. The molecule has 2 aromatic carbocycles. The van der Waals surface area contributed by atoms with Crippen LogP contribution in [-0.4, -0.2) is 9.78 Å². The van der Waals surface area contributed by atoms with Gasteiger partial charge in [0.15, 0.2) is 5.69 Å². The lowest BCUT2D eigenvalue weighted by atomic mass is 10.0. The van der Waals surface area contributed by atoms with Gasteiger partial charge in [0, 0.05) is 5.56 Å². The molecular weight excluding hydrogens is 322 g/mol. The van der Waals surface area contributed by atoms with Crippen molar-refractivity contribution in [1.29, 1.82) is 0 Å². The van der Waals surface area contributed by atoms with Crippen molar-refractivity contribution < 1.29 is 17.6 Å². The van der Waals surface area contributed by atoms with E-state index in [9.17, 15) is 17.6 Å². The van der Waals surface area contributed by atoms with Crippen molar-refractivity contribution in [2.45, 2.75) is 13.1 Å². The summed E-state index contributed by atoms with van der Waals surface area (Å²) in [6.45, 7) is 1.80. The fraction of sp³-hybridized carbons (Fsp3) is 0.118. The second kappa shape index (κ2) is 5.67. The highest BCUT2D eigenvalue weighted by Gasteiger charge is 2.40. The Morgan fingerprint density at radius 3 is 2.38 bits per heavy atom. The summed E-state index contributed by atoms with van der Waals surface area (Å²) < 4.78 is 55.2. The number of aryl methyl sites for hydroxylation is 1. The third kappa shape index (κ3) is 2.73. The molecule has 3 nitrogen and oxygen atoms in total. The highest BCUT2D eigenvalue weighted by atomic mass is 19.4. The van der Waals surface area contributed by atoms with Gasteiger partial charge in [0.1, 0.15) is 11.6 Å². The second-order valence-corrected chi connectivity index (χ2v) is 5.34. The lowest BCUT2D eigenvalue weighted by molar-refractivity contribution is -0.140. The molecule has 2 N–H and O–H groups in total. The van der Waals surface area contributed by atoms with Gasteiger partial charge in [-0.1, -0.05) is 30.3 Å². The van der Waals surface area contributed by atoms with E-state index in [0.717, 1.165) is 16.3 Å². The molecule has 7 heteroatoms. The fourth-order valence-corrected chi connectivity index (χ4v) is 2.52. The van der Waals surface area contributed by atoms with Crippen LogP contribution >= 0.6 is 0 Å². The molecule has 0 radical (unpaired) electrons. The van der Waals surface area contributed by atoms with Crippen molar-refractivity contribution in [2.75, 3.05) is 5.73 Å². The number of halogens is 4. The molecule has 0 fully saturated rings. The van der Waals surface area contributed by atoms with E-state index in [2.05, 4.69) is 5.10 Å². The molecule has 0 bridgehead atoms. The van der Waals surface area contributed by atoms with E-state index < -0.39 is 23.3 Å². The topological polar surface area (TPSA) is 43.8 Å². The molecule has 0 amide bonds. The van der Waals surface area contributed by atoms with Gasteiger partial charge in [0.05, 0.1) is 11.3 Å². The van der Waals surface area contributed by atoms with Crippen LogP contribution in [0.1, 0.15) is 11.3 Å². The first-order valence-corrected chi connectivity index (χ1v) is 7.06. The Morgan fingerprint density at radius 2 is 1.75 bits per heavy atom. The first-order valence-electron chi connectivity index (χ1n) is 7.06. The van der Waals surface area contributed by atoms with Gasteiger partial charge in [-0.15, -0.1) is 0 Å². The molecule has 0 aliphatic rings. The molecule has 124 valence electrons. The van der Waals surface area contributed by atoms with Crippen LogP contribution in [0.2, 0.25) is 0 Å². The number of rotatable bonds is 2. The van der Waals surface area contributed by atoms with Crippen molar-refractivity contribution in [1.82, 2.24) is 9.78 Å². The molecule has 1 heterocycles. The average Bonchev–Trinajstić information content (AvgIpc) is 2.85. The zero-order valence-electron chi connectivity index (χ0n) is 12.6. The van der Waals surface area contributed by atoms with E-state index in [1.165, 1.54) is 18.2 Å². The van der Waals surface area contributed by atoms with Crippen LogP contribution in [0, 0.1) is 12.7 Å². The number of alkyl halides is 3. The molecule has 0 aliphatic heterocycles. The van der Waals surface area contributed by atoms with E-state index in [-0.39, 0.29) is 11.4 Å². The SMILES string of the molecule is Cc1cccc(-n2nc(C(F)(F)F)c(-c3ccccc3F)c2N)c1. The summed E-state index contributed by atoms with van der Waals surface area (Å²) in [6, 6.07) is 11.9. The number of nitrogen functional groups attached to an aromatic ring is 1. The lowest BCUT2D eigenvalue weighted by Gasteiger charge is -2.08. The smallest absolute Gasteiger partial charge is 0.383 e. The molecule has 3 aromatic rings. The summed E-state index contributed by atoms with van der Waals surface area (Å²) in [6.07, 6.45) is -4.76. The minimum Gasteiger partial charge on any atom is -0.383 e. The van der Waals surface area contributed by atoms with Crippen LogP contribution < -0.4 is 5.73 Å². The maximum absolute atomic E-state index is 14.0. The van der Waals surface area contributed by atoms with Crippen LogP contribution in [-0.2, 0) is 6.18 Å². The van der Waals surface area contributed by atoms with E-state index >= 15 is 0 Å². The van der Waals surface area contributed by atoms with Gasteiger partial charge in [-0.05, 0) is 30.7 Å². The fourth-order valence-electron chi connectivity index (χ4n) is 2.52. The van der Waals surface area contributed by atoms with Gasteiger partial charge < -0.3 is 5.73 Å². The van der Waals surface area contributed by atoms with E-state index in [1.807, 2.05) is 0 Å². The summed E-state index contributed by atoms with van der Waals surface area (Å²) in [4.78, 5) is 0. The molecule has 0 saturated heterocycles. The highest BCUT2D eigenvalue weighted by molar-refractivity contribution is 5.78. The first kappa shape index (κ1) is 16.0. The first-order chi connectivity index (χ1) is 11.3.